The number of nitrogens with one attached hydrogen (secondary N) is 2. The number of halogens is 1. The monoisotopic (exact) mass is 468 g/mol. The van der Waals surface area contributed by atoms with Gasteiger partial charge in [0.15, 0.2) is 5.69 Å². The molecule has 0 aliphatic carbocycles. The van der Waals surface area contributed by atoms with E-state index in [1.54, 1.807) is 24.4 Å². The summed E-state index contributed by atoms with van der Waals surface area (Å²) in [5.74, 6) is -0.614. The first-order chi connectivity index (χ1) is 17.0. The van der Waals surface area contributed by atoms with E-state index in [1.807, 2.05) is 44.7 Å². The van der Waals surface area contributed by atoms with Gasteiger partial charge in [-0.3, -0.25) is 19.9 Å². The average Bonchev–Trinajstić information content (AvgIpc) is 3.28. The molecule has 0 bridgehead atoms. The van der Waals surface area contributed by atoms with Crippen LogP contribution in [0.4, 0.5) is 4.39 Å². The smallest absolute Gasteiger partial charge is 0.276 e. The van der Waals surface area contributed by atoms with Gasteiger partial charge in [-0.25, -0.2) is 4.39 Å². The number of allylic oxidation sites excluding steroid dienone is 1. The Balaban J connectivity index is 1.38. The van der Waals surface area contributed by atoms with Gasteiger partial charge in [-0.15, -0.1) is 0 Å². The molecule has 8 heteroatoms. The van der Waals surface area contributed by atoms with Gasteiger partial charge in [-0.05, 0) is 62.3 Å². The molecule has 0 saturated carbocycles. The van der Waals surface area contributed by atoms with E-state index in [-0.39, 0.29) is 11.7 Å². The number of benzene rings is 2. The Morgan fingerprint density at radius 3 is 2.71 bits per heavy atom. The Morgan fingerprint density at radius 2 is 1.94 bits per heavy atom. The second-order valence-electron chi connectivity index (χ2n) is 8.82. The fraction of sp³-hybridized carbons (Fsp3) is 0.185. The fourth-order valence-electron chi connectivity index (χ4n) is 4.20. The van der Waals surface area contributed by atoms with Crippen molar-refractivity contribution in [3.8, 4) is 11.1 Å². The Kier molecular flexibility index (Phi) is 6.20. The summed E-state index contributed by atoms with van der Waals surface area (Å²) in [6.07, 6.45) is 6.35. The van der Waals surface area contributed by atoms with Gasteiger partial charge in [-0.2, -0.15) is 5.10 Å². The highest BCUT2D eigenvalue weighted by molar-refractivity contribution is 6.06. The minimum atomic E-state index is -0.316. The topological polar surface area (TPSA) is 86.3 Å². The molecule has 1 aliphatic rings. The summed E-state index contributed by atoms with van der Waals surface area (Å²) in [7, 11) is 4.03. The molecule has 5 rings (SSSR count). The third kappa shape index (κ3) is 4.88. The van der Waals surface area contributed by atoms with E-state index >= 15 is 0 Å². The van der Waals surface area contributed by atoms with Crippen molar-refractivity contribution in [3.05, 3.63) is 95.5 Å². The van der Waals surface area contributed by atoms with Crippen LogP contribution >= 0.6 is 0 Å². The number of carbonyl (C=O) groups excluding carboxylic acids is 1. The molecule has 2 aromatic carbocycles. The minimum Gasteiger partial charge on any atom is -0.323 e. The summed E-state index contributed by atoms with van der Waals surface area (Å²) in [6, 6.07) is 14.5. The van der Waals surface area contributed by atoms with E-state index in [9.17, 15) is 9.18 Å². The number of aromatic nitrogens is 3. The number of pyridine rings is 1. The van der Waals surface area contributed by atoms with Gasteiger partial charge in [0, 0.05) is 47.3 Å². The molecule has 1 amide bonds. The lowest BCUT2D eigenvalue weighted by Crippen LogP contribution is -2.25. The Labute approximate surface area is 202 Å². The summed E-state index contributed by atoms with van der Waals surface area (Å²) >= 11 is 0. The van der Waals surface area contributed by atoms with Gasteiger partial charge < -0.3 is 10.2 Å². The number of aliphatic imine (C=N–C) groups is 1. The first kappa shape index (κ1) is 22.6. The van der Waals surface area contributed by atoms with Crippen LogP contribution < -0.4 is 5.32 Å². The van der Waals surface area contributed by atoms with Gasteiger partial charge in [0.25, 0.3) is 5.91 Å². The van der Waals surface area contributed by atoms with Gasteiger partial charge in [0.05, 0.1) is 11.2 Å². The minimum absolute atomic E-state index is 0.298. The summed E-state index contributed by atoms with van der Waals surface area (Å²) in [5, 5.41) is 10.8. The van der Waals surface area contributed by atoms with Crippen LogP contribution in [-0.4, -0.2) is 45.8 Å². The van der Waals surface area contributed by atoms with E-state index in [1.165, 1.54) is 6.07 Å². The molecule has 0 radical (unpaired) electrons. The molecule has 35 heavy (non-hydrogen) atoms. The van der Waals surface area contributed by atoms with Crippen molar-refractivity contribution >= 4 is 22.5 Å². The second-order valence-corrected chi connectivity index (χ2v) is 8.82. The highest BCUT2D eigenvalue weighted by Gasteiger charge is 2.19. The van der Waals surface area contributed by atoms with Gasteiger partial charge in [0.1, 0.15) is 5.82 Å². The summed E-state index contributed by atoms with van der Waals surface area (Å²) in [6.45, 7) is 0.790. The molecular weight excluding hydrogens is 443 g/mol. The molecule has 0 unspecified atom stereocenters. The number of hydrogen-bond donors (Lipinski definition) is 2. The molecule has 0 atom stereocenters. The lowest BCUT2D eigenvalue weighted by Gasteiger charge is -2.15. The maximum atomic E-state index is 14.1. The third-order valence-electron chi connectivity index (χ3n) is 5.87. The van der Waals surface area contributed by atoms with Crippen LogP contribution in [0.2, 0.25) is 0 Å². The van der Waals surface area contributed by atoms with Crippen molar-refractivity contribution in [1.82, 2.24) is 25.4 Å². The van der Waals surface area contributed by atoms with Crippen molar-refractivity contribution in [3.63, 3.8) is 0 Å². The van der Waals surface area contributed by atoms with Crippen molar-refractivity contribution in [2.45, 2.75) is 19.4 Å². The molecule has 7 nitrogen and oxygen atoms in total. The quantitative estimate of drug-likeness (QED) is 0.430. The maximum Gasteiger partial charge on any atom is 0.276 e. The van der Waals surface area contributed by atoms with E-state index in [0.29, 0.717) is 35.5 Å². The number of amides is 1. The van der Waals surface area contributed by atoms with Crippen molar-refractivity contribution < 1.29 is 9.18 Å². The molecule has 4 aromatic rings. The summed E-state index contributed by atoms with van der Waals surface area (Å²) in [4.78, 5) is 23.9. The lowest BCUT2D eigenvalue weighted by atomic mass is 10.0. The Morgan fingerprint density at radius 1 is 1.09 bits per heavy atom. The third-order valence-corrected chi connectivity index (χ3v) is 5.87. The van der Waals surface area contributed by atoms with Crippen molar-refractivity contribution in [2.24, 2.45) is 4.99 Å². The molecule has 0 saturated heterocycles. The molecule has 1 aliphatic heterocycles. The largest absolute Gasteiger partial charge is 0.323 e. The lowest BCUT2D eigenvalue weighted by molar-refractivity contribution is 0.0961. The van der Waals surface area contributed by atoms with E-state index in [0.717, 1.165) is 34.1 Å². The van der Waals surface area contributed by atoms with E-state index in [4.69, 9.17) is 0 Å². The van der Waals surface area contributed by atoms with Crippen LogP contribution in [0.1, 0.15) is 34.5 Å². The number of fused-ring (bicyclic) bond motifs is 1. The molecule has 0 spiro atoms. The molecule has 176 valence electrons. The molecule has 2 aromatic heterocycles. The predicted molar refractivity (Wildman–Crippen MR) is 134 cm³/mol. The maximum absolute atomic E-state index is 14.1. The van der Waals surface area contributed by atoms with Crippen molar-refractivity contribution in [2.75, 3.05) is 14.1 Å². The Hall–Kier alpha value is -4.17. The second kappa shape index (κ2) is 9.60. The highest BCUT2D eigenvalue weighted by Crippen LogP contribution is 2.26. The molecule has 3 heterocycles. The number of hydrogen-bond acceptors (Lipinski definition) is 5. The summed E-state index contributed by atoms with van der Waals surface area (Å²) < 4.78 is 14.1. The van der Waals surface area contributed by atoms with Crippen LogP contribution in [0.5, 0.6) is 0 Å². The predicted octanol–water partition coefficient (Wildman–Crippen LogP) is 4.68. The number of carbonyl (C=O) groups is 1. The van der Waals surface area contributed by atoms with E-state index < -0.39 is 0 Å². The van der Waals surface area contributed by atoms with Crippen LogP contribution in [0, 0.1) is 5.82 Å². The zero-order chi connectivity index (χ0) is 24.4. The van der Waals surface area contributed by atoms with Crippen LogP contribution in [0.3, 0.4) is 0 Å². The van der Waals surface area contributed by atoms with Crippen LogP contribution in [-0.2, 0) is 6.54 Å². The normalized spacial score (nSPS) is 13.6. The van der Waals surface area contributed by atoms with Crippen LogP contribution in [0.15, 0.2) is 77.8 Å². The zero-order valence-corrected chi connectivity index (χ0v) is 19.5. The SMILES string of the molecule is CN(C)Cc1cncc(-c2ccc3[nH]nc(C(=O)NC4=CN=C(c5ccccc5F)CC4)c3c2)c1. The molecular formula is C27H25FN6O. The fourth-order valence-corrected chi connectivity index (χ4v) is 4.20. The number of rotatable bonds is 6. The van der Waals surface area contributed by atoms with E-state index in [2.05, 4.69) is 36.5 Å². The molecule has 2 N–H and O–H groups in total. The Bertz CT molecular complexity index is 1470. The first-order valence-electron chi connectivity index (χ1n) is 11.4. The first-order valence-corrected chi connectivity index (χ1v) is 11.4. The number of H-pyrrole nitrogens is 1. The van der Waals surface area contributed by atoms with Gasteiger partial charge in [0.2, 0.25) is 0 Å². The number of aromatic amines is 1. The summed E-state index contributed by atoms with van der Waals surface area (Å²) in [5.41, 5.74) is 5.95. The highest BCUT2D eigenvalue weighted by atomic mass is 19.1. The van der Waals surface area contributed by atoms with Crippen LogP contribution in [0.25, 0.3) is 22.0 Å². The van der Waals surface area contributed by atoms with Crippen molar-refractivity contribution in [1.29, 1.82) is 0 Å². The standard InChI is InChI=1S/C27H25FN6O/c1-34(2)16-17-11-19(14-29-13-17)18-7-9-25-22(12-18)26(33-32-25)27(35)31-20-8-10-24(30-15-20)21-5-3-4-6-23(21)28/h3-7,9,11-15H,8,10,16H2,1-2H3,(H,31,35)(H,32,33). The zero-order valence-electron chi connectivity index (χ0n) is 19.5. The van der Waals surface area contributed by atoms with Gasteiger partial charge >= 0.3 is 0 Å². The molecule has 0 fully saturated rings. The number of nitrogens with zero attached hydrogens (tertiary/aromatic N) is 4. The average molecular weight is 469 g/mol. The van der Waals surface area contributed by atoms with Gasteiger partial charge in [-0.1, -0.05) is 24.3 Å².